The number of hydrogen-bond acceptors (Lipinski definition) is 4. The first-order valence-electron chi connectivity index (χ1n) is 8.52. The summed E-state index contributed by atoms with van der Waals surface area (Å²) in [4.78, 5) is 19.1. The molecule has 2 fully saturated rings. The molecule has 2 aliphatic heterocycles. The van der Waals surface area contributed by atoms with Crippen molar-refractivity contribution in [2.45, 2.75) is 18.9 Å². The Morgan fingerprint density at radius 2 is 1.91 bits per heavy atom. The average molecular weight is 317 g/mol. The van der Waals surface area contributed by atoms with Crippen molar-refractivity contribution in [3.8, 4) is 5.75 Å². The van der Waals surface area contributed by atoms with E-state index in [1.54, 1.807) is 7.11 Å². The van der Waals surface area contributed by atoms with Crippen molar-refractivity contribution >= 4 is 5.91 Å². The molecule has 2 heterocycles. The van der Waals surface area contributed by atoms with Crippen LogP contribution in [0.5, 0.6) is 5.75 Å². The molecule has 23 heavy (non-hydrogen) atoms. The molecule has 0 N–H and O–H groups in total. The third kappa shape index (κ3) is 3.67. The highest BCUT2D eigenvalue weighted by Crippen LogP contribution is 2.31. The van der Waals surface area contributed by atoms with Crippen molar-refractivity contribution in [2.24, 2.45) is 0 Å². The van der Waals surface area contributed by atoms with Crippen molar-refractivity contribution in [1.82, 2.24) is 14.7 Å². The zero-order chi connectivity index (χ0) is 16.2. The molecule has 1 aromatic rings. The molecule has 1 aromatic carbocycles. The van der Waals surface area contributed by atoms with Crippen molar-refractivity contribution in [2.75, 3.05) is 53.4 Å². The van der Waals surface area contributed by atoms with Gasteiger partial charge >= 0.3 is 0 Å². The Balaban J connectivity index is 1.68. The predicted octanol–water partition coefficient (Wildman–Crippen LogP) is 1.61. The first-order chi connectivity index (χ1) is 11.2. The van der Waals surface area contributed by atoms with Crippen LogP contribution in [0.15, 0.2) is 24.3 Å². The summed E-state index contributed by atoms with van der Waals surface area (Å²) in [5.41, 5.74) is 1.20. The topological polar surface area (TPSA) is 36.0 Å². The number of benzene rings is 1. The van der Waals surface area contributed by atoms with Gasteiger partial charge in [-0.15, -0.1) is 0 Å². The molecule has 0 aromatic heterocycles. The van der Waals surface area contributed by atoms with Gasteiger partial charge in [0.1, 0.15) is 5.75 Å². The third-order valence-electron chi connectivity index (χ3n) is 5.05. The van der Waals surface area contributed by atoms with Gasteiger partial charge in [0, 0.05) is 38.3 Å². The molecule has 0 saturated carbocycles. The van der Waals surface area contributed by atoms with E-state index in [0.717, 1.165) is 51.3 Å². The second-order valence-electron chi connectivity index (χ2n) is 6.56. The van der Waals surface area contributed by atoms with Gasteiger partial charge in [-0.2, -0.15) is 0 Å². The van der Waals surface area contributed by atoms with Crippen molar-refractivity contribution in [3.63, 3.8) is 0 Å². The van der Waals surface area contributed by atoms with Crippen molar-refractivity contribution < 1.29 is 9.53 Å². The van der Waals surface area contributed by atoms with Gasteiger partial charge in [0.05, 0.1) is 19.7 Å². The van der Waals surface area contributed by atoms with Crippen molar-refractivity contribution in [1.29, 1.82) is 0 Å². The monoisotopic (exact) mass is 317 g/mol. The number of amides is 1. The molecule has 0 aliphatic carbocycles. The minimum absolute atomic E-state index is 0.270. The van der Waals surface area contributed by atoms with Crippen LogP contribution in [0.25, 0.3) is 0 Å². The molecule has 5 heteroatoms. The maximum Gasteiger partial charge on any atom is 0.236 e. The molecule has 5 nitrogen and oxygen atoms in total. The van der Waals surface area contributed by atoms with Gasteiger partial charge in [-0.25, -0.2) is 0 Å². The number of piperazine rings is 1. The molecular formula is C18H27N3O2. The standard InChI is InChI=1S/C18H27N3O2/c1-19-11-12-20(14-18(22)21-9-5-6-10-21)13-16(19)15-7-3-4-8-17(15)23-2/h3-4,7-8,16H,5-6,9-14H2,1-2H3/t16-/m1/s1. The Labute approximate surface area is 138 Å². The fourth-order valence-electron chi connectivity index (χ4n) is 3.61. The zero-order valence-corrected chi connectivity index (χ0v) is 14.2. The predicted molar refractivity (Wildman–Crippen MR) is 90.6 cm³/mol. The Morgan fingerprint density at radius 3 is 2.65 bits per heavy atom. The summed E-state index contributed by atoms with van der Waals surface area (Å²) in [7, 11) is 3.87. The van der Waals surface area contributed by atoms with Gasteiger partial charge in [0.15, 0.2) is 0 Å². The third-order valence-corrected chi connectivity index (χ3v) is 5.05. The number of nitrogens with zero attached hydrogens (tertiary/aromatic N) is 3. The smallest absolute Gasteiger partial charge is 0.236 e. The summed E-state index contributed by atoms with van der Waals surface area (Å²) >= 11 is 0. The number of carbonyl (C=O) groups excluding carboxylic acids is 1. The minimum Gasteiger partial charge on any atom is -0.496 e. The number of ether oxygens (including phenoxy) is 1. The lowest BCUT2D eigenvalue weighted by atomic mass is 10.0. The van der Waals surface area contributed by atoms with Crippen LogP contribution >= 0.6 is 0 Å². The number of likely N-dealkylation sites (N-methyl/N-ethyl adjacent to an activating group) is 1. The Hall–Kier alpha value is -1.59. The molecule has 0 bridgehead atoms. The molecule has 3 rings (SSSR count). The highest BCUT2D eigenvalue weighted by Gasteiger charge is 2.29. The lowest BCUT2D eigenvalue weighted by Gasteiger charge is -2.40. The number of likely N-dealkylation sites (tertiary alicyclic amines) is 1. The summed E-state index contributed by atoms with van der Waals surface area (Å²) in [5.74, 6) is 1.21. The minimum atomic E-state index is 0.270. The van der Waals surface area contributed by atoms with Crippen LogP contribution in [-0.2, 0) is 4.79 Å². The summed E-state index contributed by atoms with van der Waals surface area (Å²) < 4.78 is 5.52. The maximum atomic E-state index is 12.4. The molecular weight excluding hydrogens is 290 g/mol. The molecule has 2 saturated heterocycles. The number of rotatable bonds is 4. The number of para-hydroxylation sites is 1. The normalized spacial score (nSPS) is 23.2. The van der Waals surface area contributed by atoms with Crippen molar-refractivity contribution in [3.05, 3.63) is 29.8 Å². The lowest BCUT2D eigenvalue weighted by molar-refractivity contribution is -0.132. The first-order valence-corrected chi connectivity index (χ1v) is 8.52. The van der Waals surface area contributed by atoms with E-state index in [2.05, 4.69) is 29.0 Å². The van der Waals surface area contributed by atoms with Crippen LogP contribution < -0.4 is 4.74 Å². The molecule has 1 amide bonds. The van der Waals surface area contributed by atoms with Gasteiger partial charge in [-0.3, -0.25) is 14.6 Å². The fraction of sp³-hybridized carbons (Fsp3) is 0.611. The molecule has 0 radical (unpaired) electrons. The maximum absolute atomic E-state index is 12.4. The Morgan fingerprint density at radius 1 is 1.17 bits per heavy atom. The summed E-state index contributed by atoms with van der Waals surface area (Å²) in [5, 5.41) is 0. The van der Waals surface area contributed by atoms with Crippen LogP contribution in [0.4, 0.5) is 0 Å². The fourth-order valence-corrected chi connectivity index (χ4v) is 3.61. The van der Waals surface area contributed by atoms with E-state index < -0.39 is 0 Å². The zero-order valence-electron chi connectivity index (χ0n) is 14.2. The molecule has 0 spiro atoms. The highest BCUT2D eigenvalue weighted by atomic mass is 16.5. The van der Waals surface area contributed by atoms with Gasteiger partial charge in [0.2, 0.25) is 5.91 Å². The van der Waals surface area contributed by atoms with E-state index in [9.17, 15) is 4.79 Å². The summed E-state index contributed by atoms with van der Waals surface area (Å²) in [6.45, 7) is 5.19. The van der Waals surface area contributed by atoms with E-state index >= 15 is 0 Å². The lowest BCUT2D eigenvalue weighted by Crippen LogP contribution is -2.50. The summed E-state index contributed by atoms with van der Waals surface area (Å²) in [6.07, 6.45) is 2.30. The van der Waals surface area contributed by atoms with E-state index in [0.29, 0.717) is 6.54 Å². The van der Waals surface area contributed by atoms with E-state index in [1.165, 1.54) is 5.56 Å². The number of carbonyl (C=O) groups is 1. The molecule has 0 unspecified atom stereocenters. The number of methoxy groups -OCH3 is 1. The van der Waals surface area contributed by atoms with Crippen LogP contribution in [0.3, 0.4) is 0 Å². The van der Waals surface area contributed by atoms with Crippen LogP contribution in [0, 0.1) is 0 Å². The Bertz CT molecular complexity index is 543. The molecule has 1 atom stereocenters. The van der Waals surface area contributed by atoms with E-state index in [-0.39, 0.29) is 11.9 Å². The van der Waals surface area contributed by atoms with Gasteiger partial charge in [-0.1, -0.05) is 18.2 Å². The van der Waals surface area contributed by atoms with E-state index in [4.69, 9.17) is 4.74 Å². The van der Waals surface area contributed by atoms with Gasteiger partial charge in [-0.05, 0) is 26.0 Å². The second kappa shape index (κ2) is 7.32. The average Bonchev–Trinajstić information content (AvgIpc) is 3.11. The van der Waals surface area contributed by atoms with Crippen LogP contribution in [0.1, 0.15) is 24.4 Å². The first kappa shape index (κ1) is 16.3. The molecule has 126 valence electrons. The number of hydrogen-bond donors (Lipinski definition) is 0. The van der Waals surface area contributed by atoms with Gasteiger partial charge in [0.25, 0.3) is 0 Å². The van der Waals surface area contributed by atoms with E-state index in [1.807, 2.05) is 17.0 Å². The SMILES string of the molecule is COc1ccccc1[C@H]1CN(CC(=O)N2CCCC2)CCN1C. The Kier molecular flexibility index (Phi) is 5.18. The van der Waals surface area contributed by atoms with Gasteiger partial charge < -0.3 is 9.64 Å². The molecule has 2 aliphatic rings. The van der Waals surface area contributed by atoms with Crippen LogP contribution in [0.2, 0.25) is 0 Å². The highest BCUT2D eigenvalue weighted by molar-refractivity contribution is 5.78. The quantitative estimate of drug-likeness (QED) is 0.845. The second-order valence-corrected chi connectivity index (χ2v) is 6.56. The largest absolute Gasteiger partial charge is 0.496 e. The summed E-state index contributed by atoms with van der Waals surface area (Å²) in [6, 6.07) is 8.47. The van der Waals surface area contributed by atoms with Crippen LogP contribution in [-0.4, -0.2) is 74.0 Å².